The number of hydrogen-bond donors (Lipinski definition) is 0. The van der Waals surface area contributed by atoms with Gasteiger partial charge in [-0.1, -0.05) is 11.8 Å². The molecule has 1 aromatic carbocycles. The Morgan fingerprint density at radius 1 is 1.29 bits per heavy atom. The van der Waals surface area contributed by atoms with Crippen molar-refractivity contribution >= 4 is 15.8 Å². The molecule has 0 unspecified atom stereocenters. The zero-order valence-electron chi connectivity index (χ0n) is 6.54. The van der Waals surface area contributed by atoms with Crippen molar-refractivity contribution < 1.29 is 23.0 Å². The summed E-state index contributed by atoms with van der Waals surface area (Å²) >= 11 is 0. The number of rotatable bonds is 2. The summed E-state index contributed by atoms with van der Waals surface area (Å²) in [6, 6.07) is 1.95. The lowest BCUT2D eigenvalue weighted by Crippen LogP contribution is -2.05. The third kappa shape index (κ3) is 1.98. The van der Waals surface area contributed by atoms with Gasteiger partial charge in [-0.2, -0.15) is 0 Å². The largest absolute Gasteiger partial charge is 0.872 e. The molecule has 0 saturated carbocycles. The normalized spacial score (nSPS) is 11.2. The zero-order valence-corrected chi connectivity index (χ0v) is 7.35. The summed E-state index contributed by atoms with van der Waals surface area (Å²) in [7, 11) is -4.96. The Kier molecular flexibility index (Phi) is 2.41. The molecule has 0 bridgehead atoms. The predicted octanol–water partition coefficient (Wildman–Crippen LogP) is -0.427. The van der Waals surface area contributed by atoms with Crippen LogP contribution in [0.15, 0.2) is 23.1 Å². The fourth-order valence-corrected chi connectivity index (χ4v) is 1.39. The van der Waals surface area contributed by atoms with Crippen molar-refractivity contribution in [3.05, 3.63) is 28.3 Å². The topological polar surface area (TPSA) is 123 Å². The van der Waals surface area contributed by atoms with Gasteiger partial charge in [-0.25, -0.2) is 8.42 Å². The molecule has 0 aliphatic carbocycles. The third-order valence-corrected chi connectivity index (χ3v) is 2.27. The number of nitro groups is 1. The highest BCUT2D eigenvalue weighted by molar-refractivity contribution is 7.85. The molecule has 0 atom stereocenters. The van der Waals surface area contributed by atoms with E-state index in [1.54, 1.807) is 0 Å². The first-order valence-electron chi connectivity index (χ1n) is 3.24. The molecule has 76 valence electrons. The van der Waals surface area contributed by atoms with E-state index in [9.17, 15) is 28.2 Å². The van der Waals surface area contributed by atoms with Crippen LogP contribution in [0.3, 0.4) is 0 Å². The van der Waals surface area contributed by atoms with Crippen molar-refractivity contribution in [1.29, 1.82) is 0 Å². The molecule has 0 aromatic heterocycles. The molecular formula is C6H3NO6S-2. The minimum Gasteiger partial charge on any atom is -0.872 e. The molecule has 0 heterocycles. The van der Waals surface area contributed by atoms with Crippen LogP contribution in [-0.2, 0) is 10.1 Å². The summed E-state index contributed by atoms with van der Waals surface area (Å²) < 4.78 is 31.4. The highest BCUT2D eigenvalue weighted by Crippen LogP contribution is 2.24. The monoisotopic (exact) mass is 217 g/mol. The summed E-state index contributed by atoms with van der Waals surface area (Å²) in [5, 5.41) is 21.0. The highest BCUT2D eigenvalue weighted by atomic mass is 32.2. The molecule has 0 radical (unpaired) electrons. The van der Waals surface area contributed by atoms with Gasteiger partial charge in [0.1, 0.15) is 10.1 Å². The van der Waals surface area contributed by atoms with Crippen LogP contribution in [0.4, 0.5) is 5.69 Å². The standard InChI is InChI=1S/C6H5NO6S/c8-5-2-1-4(7(9)10)3-6(5)14(11,12)13/h1-3,8H,(H,11,12,13)/p-2. The fourth-order valence-electron chi connectivity index (χ4n) is 0.806. The van der Waals surface area contributed by atoms with Crippen LogP contribution in [0.25, 0.3) is 0 Å². The van der Waals surface area contributed by atoms with E-state index in [1.165, 1.54) is 0 Å². The molecule has 0 aliphatic rings. The molecule has 1 rings (SSSR count). The minimum absolute atomic E-state index is 0.449. The summed E-state index contributed by atoms with van der Waals surface area (Å²) in [6.07, 6.45) is 0. The third-order valence-electron chi connectivity index (χ3n) is 1.41. The first-order chi connectivity index (χ1) is 6.32. The van der Waals surface area contributed by atoms with Crippen molar-refractivity contribution in [1.82, 2.24) is 0 Å². The molecule has 0 aliphatic heterocycles. The van der Waals surface area contributed by atoms with E-state index >= 15 is 0 Å². The Bertz CT molecular complexity index is 479. The molecule has 0 amide bonds. The average Bonchev–Trinajstić information content (AvgIpc) is 2.02. The number of non-ortho nitro benzene ring substituents is 1. The van der Waals surface area contributed by atoms with Gasteiger partial charge >= 0.3 is 0 Å². The maximum atomic E-state index is 10.8. The maximum Gasteiger partial charge on any atom is 0.270 e. The first-order valence-corrected chi connectivity index (χ1v) is 4.64. The Balaban J connectivity index is 3.44. The summed E-state index contributed by atoms with van der Waals surface area (Å²) in [4.78, 5) is 8.20. The molecule has 0 spiro atoms. The Morgan fingerprint density at radius 3 is 2.29 bits per heavy atom. The Morgan fingerprint density at radius 2 is 1.86 bits per heavy atom. The Labute approximate surface area is 78.5 Å². The van der Waals surface area contributed by atoms with Crippen LogP contribution in [-0.4, -0.2) is 17.9 Å². The molecule has 1 aromatic rings. The van der Waals surface area contributed by atoms with E-state index < -0.39 is 31.4 Å². The van der Waals surface area contributed by atoms with Gasteiger partial charge in [-0.05, 0) is 0 Å². The fraction of sp³-hybridized carbons (Fsp3) is 0. The predicted molar refractivity (Wildman–Crippen MR) is 40.5 cm³/mol. The molecular weight excluding hydrogens is 214 g/mol. The Hall–Kier alpha value is -1.67. The van der Waals surface area contributed by atoms with Crippen molar-refractivity contribution in [2.75, 3.05) is 0 Å². The van der Waals surface area contributed by atoms with E-state index in [0.29, 0.717) is 12.1 Å². The van der Waals surface area contributed by atoms with E-state index in [-0.39, 0.29) is 0 Å². The highest BCUT2D eigenvalue weighted by Gasteiger charge is 2.10. The van der Waals surface area contributed by atoms with Gasteiger partial charge < -0.3 is 9.66 Å². The van der Waals surface area contributed by atoms with E-state index in [0.717, 1.165) is 6.07 Å². The summed E-state index contributed by atoms with van der Waals surface area (Å²) in [6.45, 7) is 0. The maximum absolute atomic E-state index is 10.8. The van der Waals surface area contributed by atoms with Gasteiger partial charge in [-0.15, -0.1) is 0 Å². The minimum atomic E-state index is -4.96. The van der Waals surface area contributed by atoms with Gasteiger partial charge in [0.2, 0.25) is 0 Å². The van der Waals surface area contributed by atoms with Crippen molar-refractivity contribution in [2.24, 2.45) is 0 Å². The van der Waals surface area contributed by atoms with Crippen LogP contribution < -0.4 is 5.11 Å². The number of benzene rings is 1. The van der Waals surface area contributed by atoms with E-state index in [2.05, 4.69) is 0 Å². The van der Waals surface area contributed by atoms with Gasteiger partial charge in [0, 0.05) is 12.1 Å². The SMILES string of the molecule is O=[N+]([O-])c1ccc([O-])c(S(=O)(=O)[O-])c1. The van der Waals surface area contributed by atoms with Crippen LogP contribution in [0.5, 0.6) is 5.75 Å². The van der Waals surface area contributed by atoms with Crippen molar-refractivity contribution in [2.45, 2.75) is 4.90 Å². The molecule has 0 fully saturated rings. The number of hydrogen-bond acceptors (Lipinski definition) is 6. The molecule has 8 heteroatoms. The number of nitro benzene ring substituents is 1. The first kappa shape index (κ1) is 10.4. The molecule has 14 heavy (non-hydrogen) atoms. The van der Waals surface area contributed by atoms with Gasteiger partial charge in [-0.3, -0.25) is 10.1 Å². The van der Waals surface area contributed by atoms with Crippen LogP contribution in [0, 0.1) is 10.1 Å². The zero-order chi connectivity index (χ0) is 10.9. The second-order valence-electron chi connectivity index (χ2n) is 2.34. The van der Waals surface area contributed by atoms with Crippen LogP contribution >= 0.6 is 0 Å². The van der Waals surface area contributed by atoms with Crippen molar-refractivity contribution in [3.63, 3.8) is 0 Å². The quantitative estimate of drug-likeness (QED) is 0.376. The van der Waals surface area contributed by atoms with Gasteiger partial charge in [0.25, 0.3) is 5.69 Å². The van der Waals surface area contributed by atoms with Gasteiger partial charge in [0.15, 0.2) is 0 Å². The summed E-state index contributed by atoms with van der Waals surface area (Å²) in [5.74, 6) is -1.05. The molecule has 7 nitrogen and oxygen atoms in total. The second-order valence-corrected chi connectivity index (χ2v) is 3.69. The van der Waals surface area contributed by atoms with Crippen LogP contribution in [0.1, 0.15) is 0 Å². The molecule has 0 N–H and O–H groups in total. The lowest BCUT2D eigenvalue weighted by atomic mass is 10.3. The van der Waals surface area contributed by atoms with Crippen molar-refractivity contribution in [3.8, 4) is 5.75 Å². The van der Waals surface area contributed by atoms with Crippen LogP contribution in [0.2, 0.25) is 0 Å². The molecule has 0 saturated heterocycles. The van der Waals surface area contributed by atoms with E-state index in [1.807, 2.05) is 0 Å². The smallest absolute Gasteiger partial charge is 0.270 e. The van der Waals surface area contributed by atoms with E-state index in [4.69, 9.17) is 0 Å². The number of nitrogens with zero attached hydrogens (tertiary/aromatic N) is 1. The van der Waals surface area contributed by atoms with Gasteiger partial charge in [0.05, 0.1) is 9.82 Å². The average molecular weight is 217 g/mol. The second kappa shape index (κ2) is 3.24. The lowest BCUT2D eigenvalue weighted by molar-refractivity contribution is -0.385. The summed E-state index contributed by atoms with van der Waals surface area (Å²) in [5.41, 5.74) is -0.612. The lowest BCUT2D eigenvalue weighted by Gasteiger charge is -2.15.